The van der Waals surface area contributed by atoms with E-state index >= 15 is 0 Å². The van der Waals surface area contributed by atoms with Crippen molar-refractivity contribution in [1.82, 2.24) is 5.32 Å². The summed E-state index contributed by atoms with van der Waals surface area (Å²) < 4.78 is 0. The highest BCUT2D eigenvalue weighted by Crippen LogP contribution is 2.05. The van der Waals surface area contributed by atoms with E-state index in [1.54, 1.807) is 0 Å². The van der Waals surface area contributed by atoms with Crippen molar-refractivity contribution in [1.29, 1.82) is 0 Å². The molecule has 2 nitrogen and oxygen atoms in total. The average Bonchev–Trinajstić information content (AvgIpc) is 1.94. The van der Waals surface area contributed by atoms with Crippen LogP contribution in [-0.4, -0.2) is 17.8 Å². The molecule has 2 heteroatoms. The van der Waals surface area contributed by atoms with Crippen molar-refractivity contribution in [3.63, 3.8) is 0 Å². The van der Waals surface area contributed by atoms with Gasteiger partial charge in [0, 0.05) is 6.54 Å². The molecular weight excluding hydrogens is 102 g/mol. The Morgan fingerprint density at radius 3 is 3.25 bits per heavy atom. The Morgan fingerprint density at radius 2 is 2.38 bits per heavy atom. The second kappa shape index (κ2) is 3.05. The van der Waals surface area contributed by atoms with Crippen LogP contribution in [0.2, 0.25) is 0 Å². The van der Waals surface area contributed by atoms with Crippen molar-refractivity contribution < 1.29 is 5.11 Å². The Balaban J connectivity index is 2.17. The Kier molecular flexibility index (Phi) is 2.30. The molecule has 0 aromatic carbocycles. The van der Waals surface area contributed by atoms with E-state index in [-0.39, 0.29) is 6.10 Å². The van der Waals surface area contributed by atoms with Crippen LogP contribution in [0.5, 0.6) is 0 Å². The van der Waals surface area contributed by atoms with E-state index in [0.717, 1.165) is 25.8 Å². The summed E-state index contributed by atoms with van der Waals surface area (Å²) in [4.78, 5) is 0. The molecule has 0 bridgehead atoms. The molecule has 1 heterocycles. The highest BCUT2D eigenvalue weighted by Gasteiger charge is 2.06. The van der Waals surface area contributed by atoms with Crippen LogP contribution >= 0.6 is 0 Å². The molecule has 1 fully saturated rings. The fourth-order valence-corrected chi connectivity index (χ4v) is 0.874. The highest BCUT2D eigenvalue weighted by atomic mass is 16.3. The number of hydrogen-bond donors (Lipinski definition) is 2. The maximum absolute atomic E-state index is 9.03. The lowest BCUT2D eigenvalue weighted by Crippen LogP contribution is -2.11. The lowest BCUT2D eigenvalue weighted by atomic mass is 10.2. The van der Waals surface area contributed by atoms with Crippen molar-refractivity contribution >= 4 is 0 Å². The van der Waals surface area contributed by atoms with E-state index in [9.17, 15) is 0 Å². The number of aliphatic hydroxyl groups is 1. The summed E-state index contributed by atoms with van der Waals surface area (Å²) in [6.45, 7) is 2.96. The summed E-state index contributed by atoms with van der Waals surface area (Å²) in [5, 5.41) is 12.1. The molecule has 1 aliphatic rings. The zero-order valence-corrected chi connectivity index (χ0v) is 4.93. The Hall–Kier alpha value is -0.0800. The van der Waals surface area contributed by atoms with Crippen molar-refractivity contribution in [2.45, 2.75) is 25.4 Å². The van der Waals surface area contributed by atoms with Gasteiger partial charge in [0.2, 0.25) is 0 Å². The number of hydrogen-bond acceptors (Lipinski definition) is 2. The van der Waals surface area contributed by atoms with Crippen LogP contribution in [0, 0.1) is 6.54 Å². The Bertz CT molecular complexity index is 57.5. The molecule has 0 saturated carbocycles. The van der Waals surface area contributed by atoms with Crippen LogP contribution in [0.4, 0.5) is 0 Å². The van der Waals surface area contributed by atoms with Gasteiger partial charge in [-0.25, -0.2) is 0 Å². The van der Waals surface area contributed by atoms with Gasteiger partial charge in [0.25, 0.3) is 0 Å². The molecule has 8 heavy (non-hydrogen) atoms. The third kappa shape index (κ3) is 1.80. The second-order valence-corrected chi connectivity index (χ2v) is 2.18. The SMILES string of the molecule is OC1CC[CH]NCC1. The molecular formula is C6H12NO. The fraction of sp³-hybridized carbons (Fsp3) is 0.833. The fourth-order valence-electron chi connectivity index (χ4n) is 0.874. The number of rotatable bonds is 0. The van der Waals surface area contributed by atoms with Crippen LogP contribution in [0.25, 0.3) is 0 Å². The third-order valence-electron chi connectivity index (χ3n) is 1.41. The average molecular weight is 114 g/mol. The van der Waals surface area contributed by atoms with Gasteiger partial charge in [-0.1, -0.05) is 0 Å². The van der Waals surface area contributed by atoms with Crippen molar-refractivity contribution in [3.8, 4) is 0 Å². The molecule has 0 spiro atoms. The first-order chi connectivity index (χ1) is 3.89. The van der Waals surface area contributed by atoms with Crippen molar-refractivity contribution in [2.24, 2.45) is 0 Å². The molecule has 1 unspecified atom stereocenters. The van der Waals surface area contributed by atoms with Crippen LogP contribution in [0.15, 0.2) is 0 Å². The van der Waals surface area contributed by atoms with Gasteiger partial charge in [0.1, 0.15) is 0 Å². The topological polar surface area (TPSA) is 32.3 Å². The first kappa shape index (κ1) is 6.05. The van der Waals surface area contributed by atoms with Gasteiger partial charge in [0.15, 0.2) is 0 Å². The predicted octanol–water partition coefficient (Wildman–Crippen LogP) is 0.283. The van der Waals surface area contributed by atoms with Crippen LogP contribution in [0.1, 0.15) is 19.3 Å². The molecule has 1 saturated heterocycles. The maximum atomic E-state index is 9.03. The van der Waals surface area contributed by atoms with Crippen LogP contribution < -0.4 is 5.32 Å². The highest BCUT2D eigenvalue weighted by molar-refractivity contribution is 4.71. The smallest absolute Gasteiger partial charge is 0.0553 e. The minimum atomic E-state index is -0.0683. The van der Waals surface area contributed by atoms with Crippen LogP contribution in [0.3, 0.4) is 0 Å². The van der Waals surface area contributed by atoms with Gasteiger partial charge in [-0.3, -0.25) is 0 Å². The summed E-state index contributed by atoms with van der Waals surface area (Å²) in [5.41, 5.74) is 0. The van der Waals surface area contributed by atoms with Gasteiger partial charge < -0.3 is 10.4 Å². The first-order valence-corrected chi connectivity index (χ1v) is 3.13. The molecule has 0 amide bonds. The van der Waals surface area contributed by atoms with Gasteiger partial charge in [-0.05, 0) is 25.8 Å². The van der Waals surface area contributed by atoms with Gasteiger partial charge >= 0.3 is 0 Å². The summed E-state index contributed by atoms with van der Waals surface area (Å²) in [7, 11) is 0. The van der Waals surface area contributed by atoms with E-state index in [1.165, 1.54) is 0 Å². The summed E-state index contributed by atoms with van der Waals surface area (Å²) in [5.74, 6) is 0. The largest absolute Gasteiger partial charge is 0.393 e. The minimum Gasteiger partial charge on any atom is -0.393 e. The van der Waals surface area contributed by atoms with Crippen LogP contribution in [-0.2, 0) is 0 Å². The first-order valence-electron chi connectivity index (χ1n) is 3.13. The van der Waals surface area contributed by atoms with E-state index < -0.39 is 0 Å². The molecule has 0 aromatic rings. The lowest BCUT2D eigenvalue weighted by molar-refractivity contribution is 0.161. The zero-order valence-electron chi connectivity index (χ0n) is 4.93. The molecule has 0 aliphatic carbocycles. The predicted molar refractivity (Wildman–Crippen MR) is 32.2 cm³/mol. The third-order valence-corrected chi connectivity index (χ3v) is 1.41. The molecule has 47 valence electrons. The quantitative estimate of drug-likeness (QED) is 0.474. The van der Waals surface area contributed by atoms with Crippen molar-refractivity contribution in [2.75, 3.05) is 6.54 Å². The number of nitrogens with one attached hydrogen (secondary N) is 1. The summed E-state index contributed by atoms with van der Waals surface area (Å²) >= 11 is 0. The molecule has 2 N–H and O–H groups in total. The van der Waals surface area contributed by atoms with Crippen molar-refractivity contribution in [3.05, 3.63) is 6.54 Å². The molecule has 1 radical (unpaired) electrons. The van der Waals surface area contributed by atoms with E-state index in [4.69, 9.17) is 5.11 Å². The molecule has 1 aliphatic heterocycles. The van der Waals surface area contributed by atoms with E-state index in [2.05, 4.69) is 5.32 Å². The van der Waals surface area contributed by atoms with Gasteiger partial charge in [-0.2, -0.15) is 0 Å². The summed E-state index contributed by atoms with van der Waals surface area (Å²) in [6, 6.07) is 0. The van der Waals surface area contributed by atoms with Gasteiger partial charge in [0.05, 0.1) is 6.10 Å². The molecule has 1 atom stereocenters. The Morgan fingerprint density at radius 1 is 1.50 bits per heavy atom. The maximum Gasteiger partial charge on any atom is 0.0553 e. The normalized spacial score (nSPS) is 31.9. The standard InChI is InChI=1S/C6H12NO/c8-6-2-1-4-7-5-3-6/h4,6-8H,1-3,5H2. The number of aliphatic hydroxyl groups excluding tert-OH is 1. The lowest BCUT2D eigenvalue weighted by Gasteiger charge is -2.01. The molecule has 0 aromatic heterocycles. The Labute approximate surface area is 49.9 Å². The monoisotopic (exact) mass is 114 g/mol. The summed E-state index contributed by atoms with van der Waals surface area (Å²) in [6.07, 6.45) is 2.76. The van der Waals surface area contributed by atoms with Gasteiger partial charge in [-0.15, -0.1) is 0 Å². The van der Waals surface area contributed by atoms with E-state index in [1.807, 2.05) is 6.54 Å². The zero-order chi connectivity index (χ0) is 5.82. The molecule has 1 rings (SSSR count). The van der Waals surface area contributed by atoms with E-state index in [0.29, 0.717) is 0 Å². The minimum absolute atomic E-state index is 0.0683. The second-order valence-electron chi connectivity index (χ2n) is 2.18.